The molecule has 174 valence electrons. The van der Waals surface area contributed by atoms with Crippen molar-refractivity contribution in [2.75, 3.05) is 37.6 Å². The molecule has 2 aromatic heterocycles. The molecule has 1 aliphatic heterocycles. The van der Waals surface area contributed by atoms with Gasteiger partial charge in [0, 0.05) is 44.6 Å². The summed E-state index contributed by atoms with van der Waals surface area (Å²) in [5, 5.41) is 3.17. The maximum atomic E-state index is 12.9. The van der Waals surface area contributed by atoms with E-state index < -0.39 is 0 Å². The second-order valence-electron chi connectivity index (χ2n) is 8.67. The van der Waals surface area contributed by atoms with E-state index in [4.69, 9.17) is 4.42 Å². The minimum Gasteiger partial charge on any atom is -0.468 e. The number of amides is 1. The molecule has 33 heavy (non-hydrogen) atoms. The van der Waals surface area contributed by atoms with Crippen molar-refractivity contribution in [2.45, 2.75) is 32.7 Å². The van der Waals surface area contributed by atoms with Crippen LogP contribution in [0.4, 0.5) is 5.95 Å². The predicted octanol–water partition coefficient (Wildman–Crippen LogP) is 3.46. The number of nitrogens with one attached hydrogen (secondary N) is 1. The number of aryl methyl sites for hydroxylation is 1. The van der Waals surface area contributed by atoms with Crippen molar-refractivity contribution in [1.29, 1.82) is 0 Å². The number of hydrogen-bond acceptors (Lipinski definition) is 6. The molecule has 1 saturated heterocycles. The van der Waals surface area contributed by atoms with Crippen LogP contribution in [0.2, 0.25) is 0 Å². The van der Waals surface area contributed by atoms with Crippen LogP contribution in [0.3, 0.4) is 0 Å². The Morgan fingerprint density at radius 2 is 2.06 bits per heavy atom. The Balaban J connectivity index is 1.27. The van der Waals surface area contributed by atoms with Crippen LogP contribution in [0, 0.1) is 12.8 Å². The third-order valence-electron chi connectivity index (χ3n) is 6.10. The second-order valence-corrected chi connectivity index (χ2v) is 8.67. The fraction of sp³-hybridized carbons (Fsp3) is 0.423. The summed E-state index contributed by atoms with van der Waals surface area (Å²) < 4.78 is 5.55. The van der Waals surface area contributed by atoms with Crippen molar-refractivity contribution < 1.29 is 9.21 Å². The molecule has 0 radical (unpaired) electrons. The predicted molar refractivity (Wildman–Crippen MR) is 129 cm³/mol. The van der Waals surface area contributed by atoms with Crippen LogP contribution in [0.1, 0.15) is 29.9 Å². The van der Waals surface area contributed by atoms with Gasteiger partial charge in [0.15, 0.2) is 0 Å². The zero-order valence-corrected chi connectivity index (χ0v) is 19.3. The van der Waals surface area contributed by atoms with Gasteiger partial charge in [-0.2, -0.15) is 0 Å². The van der Waals surface area contributed by atoms with E-state index in [-0.39, 0.29) is 11.8 Å². The number of nitrogens with zero attached hydrogens (tertiary/aromatic N) is 4. The number of piperidine rings is 1. The molecule has 3 heterocycles. The first kappa shape index (κ1) is 23.0. The van der Waals surface area contributed by atoms with Gasteiger partial charge >= 0.3 is 0 Å². The lowest BCUT2D eigenvalue weighted by Gasteiger charge is -2.32. The fourth-order valence-corrected chi connectivity index (χ4v) is 4.27. The zero-order chi connectivity index (χ0) is 22.9. The average Bonchev–Trinajstić information content (AvgIpc) is 3.36. The number of furan rings is 1. The first-order chi connectivity index (χ1) is 16.2. The van der Waals surface area contributed by atoms with Crippen LogP contribution in [0.5, 0.6) is 0 Å². The van der Waals surface area contributed by atoms with Gasteiger partial charge in [0.05, 0.1) is 18.7 Å². The molecule has 1 aromatic carbocycles. The fourth-order valence-electron chi connectivity index (χ4n) is 4.27. The highest BCUT2D eigenvalue weighted by molar-refractivity contribution is 5.79. The highest BCUT2D eigenvalue weighted by atomic mass is 16.3. The molecule has 0 aliphatic carbocycles. The summed E-state index contributed by atoms with van der Waals surface area (Å²) >= 11 is 0. The molecule has 1 atom stereocenters. The largest absolute Gasteiger partial charge is 0.468 e. The summed E-state index contributed by atoms with van der Waals surface area (Å²) in [5.74, 6) is 1.74. The molecule has 0 bridgehead atoms. The van der Waals surface area contributed by atoms with Gasteiger partial charge < -0.3 is 14.6 Å². The van der Waals surface area contributed by atoms with Crippen LogP contribution >= 0.6 is 0 Å². The van der Waals surface area contributed by atoms with E-state index in [9.17, 15) is 4.79 Å². The van der Waals surface area contributed by atoms with E-state index in [0.29, 0.717) is 13.1 Å². The minimum atomic E-state index is -0.0364. The van der Waals surface area contributed by atoms with Crippen LogP contribution in [0.25, 0.3) is 0 Å². The van der Waals surface area contributed by atoms with E-state index in [1.807, 2.05) is 31.2 Å². The summed E-state index contributed by atoms with van der Waals surface area (Å²) in [6, 6.07) is 16.3. The van der Waals surface area contributed by atoms with Gasteiger partial charge in [-0.25, -0.2) is 9.97 Å². The van der Waals surface area contributed by atoms with Gasteiger partial charge in [0.1, 0.15) is 5.76 Å². The Hall–Kier alpha value is -3.19. The summed E-state index contributed by atoms with van der Waals surface area (Å²) in [7, 11) is 0. The van der Waals surface area contributed by atoms with Gasteiger partial charge in [-0.05, 0) is 49.9 Å². The highest BCUT2D eigenvalue weighted by Crippen LogP contribution is 2.20. The number of hydrogen-bond donors (Lipinski definition) is 1. The number of benzene rings is 1. The molecule has 0 saturated carbocycles. The summed E-state index contributed by atoms with van der Waals surface area (Å²) in [4.78, 5) is 26.3. The second kappa shape index (κ2) is 11.6. The molecule has 7 heteroatoms. The Bertz CT molecular complexity index is 993. The van der Waals surface area contributed by atoms with E-state index in [1.54, 1.807) is 12.5 Å². The summed E-state index contributed by atoms with van der Waals surface area (Å²) in [5.41, 5.74) is 2.25. The summed E-state index contributed by atoms with van der Waals surface area (Å²) in [6.07, 6.45) is 6.32. The van der Waals surface area contributed by atoms with Crippen LogP contribution in [0.15, 0.2) is 65.4 Å². The summed E-state index contributed by atoms with van der Waals surface area (Å²) in [6.45, 7) is 6.55. The maximum absolute atomic E-state index is 12.9. The topological polar surface area (TPSA) is 74.5 Å². The molecule has 0 spiro atoms. The number of rotatable bonds is 10. The molecule has 1 unspecified atom stereocenters. The van der Waals surface area contributed by atoms with Gasteiger partial charge in [-0.3, -0.25) is 9.69 Å². The maximum Gasteiger partial charge on any atom is 0.225 e. The number of carbonyl (C=O) groups excluding carboxylic acids is 1. The van der Waals surface area contributed by atoms with Crippen molar-refractivity contribution in [1.82, 2.24) is 20.2 Å². The van der Waals surface area contributed by atoms with Crippen molar-refractivity contribution in [3.8, 4) is 0 Å². The van der Waals surface area contributed by atoms with Crippen molar-refractivity contribution >= 4 is 11.9 Å². The Kier molecular flexibility index (Phi) is 8.09. The molecule has 7 nitrogen and oxygen atoms in total. The quantitative estimate of drug-likeness (QED) is 0.513. The SMILES string of the molecule is Cc1ccnc(N2CCCC(C(=O)NCCN(CCc3ccccc3)Cc3ccco3)C2)n1. The van der Waals surface area contributed by atoms with E-state index in [1.165, 1.54) is 5.56 Å². The molecule has 1 fully saturated rings. The molecule has 4 rings (SSSR count). The Labute approximate surface area is 195 Å². The first-order valence-electron chi connectivity index (χ1n) is 11.8. The lowest BCUT2D eigenvalue weighted by atomic mass is 9.97. The van der Waals surface area contributed by atoms with E-state index in [2.05, 4.69) is 49.4 Å². The monoisotopic (exact) mass is 447 g/mol. The number of anilines is 1. The van der Waals surface area contributed by atoms with Crippen molar-refractivity contribution in [3.05, 3.63) is 78.0 Å². The van der Waals surface area contributed by atoms with Crippen molar-refractivity contribution in [2.24, 2.45) is 5.92 Å². The lowest BCUT2D eigenvalue weighted by molar-refractivity contribution is -0.125. The molecular weight excluding hydrogens is 414 g/mol. The van der Waals surface area contributed by atoms with Gasteiger partial charge in [-0.1, -0.05) is 30.3 Å². The van der Waals surface area contributed by atoms with E-state index >= 15 is 0 Å². The normalized spacial score (nSPS) is 16.2. The molecule has 3 aromatic rings. The van der Waals surface area contributed by atoms with Crippen LogP contribution in [-0.2, 0) is 17.8 Å². The Morgan fingerprint density at radius 3 is 2.85 bits per heavy atom. The first-order valence-corrected chi connectivity index (χ1v) is 11.8. The zero-order valence-electron chi connectivity index (χ0n) is 19.3. The van der Waals surface area contributed by atoms with Gasteiger partial charge in [-0.15, -0.1) is 0 Å². The molecule has 1 N–H and O–H groups in total. The minimum absolute atomic E-state index is 0.0364. The number of aromatic nitrogens is 2. The van der Waals surface area contributed by atoms with Gasteiger partial charge in [0.25, 0.3) is 0 Å². The molecule has 1 amide bonds. The van der Waals surface area contributed by atoms with Crippen LogP contribution < -0.4 is 10.2 Å². The average molecular weight is 448 g/mol. The molecular formula is C26H33N5O2. The van der Waals surface area contributed by atoms with Crippen molar-refractivity contribution in [3.63, 3.8) is 0 Å². The lowest BCUT2D eigenvalue weighted by Crippen LogP contribution is -2.45. The van der Waals surface area contributed by atoms with Gasteiger partial charge in [0.2, 0.25) is 11.9 Å². The van der Waals surface area contributed by atoms with Crippen LogP contribution in [-0.4, -0.2) is 53.5 Å². The third-order valence-corrected chi connectivity index (χ3v) is 6.10. The third kappa shape index (κ3) is 6.89. The highest BCUT2D eigenvalue weighted by Gasteiger charge is 2.27. The number of carbonyl (C=O) groups is 1. The molecule has 1 aliphatic rings. The smallest absolute Gasteiger partial charge is 0.225 e. The Morgan fingerprint density at radius 1 is 1.18 bits per heavy atom. The van der Waals surface area contributed by atoms with E-state index in [0.717, 1.165) is 62.8 Å². The standard InChI is InChI=1S/C26H33N5O2/c1-21-11-13-28-26(29-21)31-15-5-9-23(19-31)25(32)27-14-17-30(20-24-10-6-18-33-24)16-12-22-7-3-2-4-8-22/h2-4,6-8,10-11,13,18,23H,5,9,12,14-17,19-20H2,1H3,(H,27,32).